The molecule has 2 heterocycles. The first kappa shape index (κ1) is 21.0. The maximum absolute atomic E-state index is 11.0. The van der Waals surface area contributed by atoms with Gasteiger partial charge in [-0.1, -0.05) is 23.4 Å². The topological polar surface area (TPSA) is 103 Å². The highest BCUT2D eigenvalue weighted by molar-refractivity contribution is 5.96. The first-order chi connectivity index (χ1) is 15.5. The van der Waals surface area contributed by atoms with Gasteiger partial charge in [0, 0.05) is 34.8 Å². The van der Waals surface area contributed by atoms with Crippen LogP contribution in [-0.2, 0) is 11.2 Å². The lowest BCUT2D eigenvalue weighted by molar-refractivity contribution is -0.136. The van der Waals surface area contributed by atoms with Gasteiger partial charge in [-0.25, -0.2) is 4.85 Å². The molecule has 0 saturated heterocycles. The SMILES string of the molecule is [C-]#[N+]c1cc(-c2nc(-c3cccc4c(CCC(=O)O)nccc34)no2)ccc1OC(C)C. The maximum Gasteiger partial charge on any atom is 0.303 e. The molecule has 160 valence electrons. The van der Waals surface area contributed by atoms with Crippen LogP contribution in [-0.4, -0.2) is 32.3 Å². The molecule has 0 bridgehead atoms. The minimum Gasteiger partial charge on any atom is -0.502 e. The molecule has 8 nitrogen and oxygen atoms in total. The Morgan fingerprint density at radius 2 is 2.06 bits per heavy atom. The van der Waals surface area contributed by atoms with Crippen molar-refractivity contribution in [2.45, 2.75) is 32.8 Å². The summed E-state index contributed by atoms with van der Waals surface area (Å²) in [5.74, 6) is 0.325. The van der Waals surface area contributed by atoms with Crippen molar-refractivity contribution in [2.75, 3.05) is 0 Å². The van der Waals surface area contributed by atoms with Crippen molar-refractivity contribution in [2.24, 2.45) is 0 Å². The molecular formula is C24H20N4O4. The summed E-state index contributed by atoms with van der Waals surface area (Å²) in [4.78, 5) is 23.4. The van der Waals surface area contributed by atoms with Crippen LogP contribution in [0.4, 0.5) is 5.69 Å². The number of rotatable bonds is 7. The number of fused-ring (bicyclic) bond motifs is 1. The zero-order valence-electron chi connectivity index (χ0n) is 17.6. The molecule has 32 heavy (non-hydrogen) atoms. The summed E-state index contributed by atoms with van der Waals surface area (Å²) >= 11 is 0. The molecule has 4 aromatic rings. The van der Waals surface area contributed by atoms with Gasteiger partial charge in [-0.15, -0.1) is 0 Å². The third kappa shape index (κ3) is 4.27. The normalized spacial score (nSPS) is 10.9. The van der Waals surface area contributed by atoms with Crippen LogP contribution in [0.3, 0.4) is 0 Å². The van der Waals surface area contributed by atoms with Crippen molar-refractivity contribution in [3.05, 3.63) is 65.8 Å². The molecule has 2 aromatic heterocycles. The summed E-state index contributed by atoms with van der Waals surface area (Å²) in [6.45, 7) is 11.2. The third-order valence-corrected chi connectivity index (χ3v) is 4.82. The van der Waals surface area contributed by atoms with E-state index in [1.54, 1.807) is 24.4 Å². The molecule has 0 amide bonds. The standard InChI is InChI=1S/C24H20N4O4/c1-14(2)31-21-9-7-15(13-20(21)25-3)24-27-23(28-32-24)18-6-4-5-17-16(18)11-12-26-19(17)8-10-22(29)30/h4-7,9,11-14H,8,10H2,1-2H3,(H,29,30). The van der Waals surface area contributed by atoms with Crippen molar-refractivity contribution in [1.29, 1.82) is 0 Å². The number of hydrogen-bond acceptors (Lipinski definition) is 6. The molecule has 0 unspecified atom stereocenters. The van der Waals surface area contributed by atoms with E-state index < -0.39 is 5.97 Å². The number of aromatic nitrogens is 3. The summed E-state index contributed by atoms with van der Waals surface area (Å²) < 4.78 is 11.2. The lowest BCUT2D eigenvalue weighted by Crippen LogP contribution is -2.05. The fraction of sp³-hybridized carbons (Fsp3) is 0.208. The second-order valence-electron chi connectivity index (χ2n) is 7.44. The average molecular weight is 428 g/mol. The van der Waals surface area contributed by atoms with E-state index in [4.69, 9.17) is 20.9 Å². The Hall–Kier alpha value is -4.25. The summed E-state index contributed by atoms with van der Waals surface area (Å²) in [5.41, 5.74) is 2.45. The van der Waals surface area contributed by atoms with E-state index in [0.717, 1.165) is 16.3 Å². The van der Waals surface area contributed by atoms with Crippen LogP contribution < -0.4 is 4.74 Å². The van der Waals surface area contributed by atoms with Crippen molar-refractivity contribution in [1.82, 2.24) is 15.1 Å². The second-order valence-corrected chi connectivity index (χ2v) is 7.44. The van der Waals surface area contributed by atoms with Crippen LogP contribution in [0.25, 0.3) is 38.5 Å². The van der Waals surface area contributed by atoms with Gasteiger partial charge in [0.2, 0.25) is 11.5 Å². The van der Waals surface area contributed by atoms with E-state index in [0.29, 0.717) is 34.9 Å². The minimum absolute atomic E-state index is 0.00258. The number of hydrogen-bond donors (Lipinski definition) is 1. The fourth-order valence-corrected chi connectivity index (χ4v) is 3.43. The first-order valence-corrected chi connectivity index (χ1v) is 10.1. The predicted molar refractivity (Wildman–Crippen MR) is 118 cm³/mol. The summed E-state index contributed by atoms with van der Waals surface area (Å²) in [6.07, 6.45) is 1.94. The number of aliphatic carboxylic acids is 1. The molecule has 0 radical (unpaired) electrons. The quantitative estimate of drug-likeness (QED) is 0.398. The second kappa shape index (κ2) is 8.86. The molecule has 4 rings (SSSR count). The van der Waals surface area contributed by atoms with Crippen LogP contribution in [0.2, 0.25) is 0 Å². The Balaban J connectivity index is 1.71. The third-order valence-electron chi connectivity index (χ3n) is 4.82. The lowest BCUT2D eigenvalue weighted by atomic mass is 10.0. The van der Waals surface area contributed by atoms with Crippen molar-refractivity contribution < 1.29 is 19.2 Å². The molecule has 0 aliphatic carbocycles. The largest absolute Gasteiger partial charge is 0.502 e. The first-order valence-electron chi connectivity index (χ1n) is 10.1. The van der Waals surface area contributed by atoms with E-state index >= 15 is 0 Å². The van der Waals surface area contributed by atoms with Gasteiger partial charge in [-0.05, 0) is 43.5 Å². The molecule has 0 atom stereocenters. The van der Waals surface area contributed by atoms with Crippen LogP contribution in [0.5, 0.6) is 5.75 Å². The van der Waals surface area contributed by atoms with E-state index in [-0.39, 0.29) is 18.4 Å². The van der Waals surface area contributed by atoms with Gasteiger partial charge in [0.05, 0.1) is 19.1 Å². The zero-order chi connectivity index (χ0) is 22.7. The van der Waals surface area contributed by atoms with Crippen molar-refractivity contribution >= 4 is 22.4 Å². The number of carboxylic acids is 1. The molecular weight excluding hydrogens is 408 g/mol. The Bertz CT molecular complexity index is 1340. The van der Waals surface area contributed by atoms with Gasteiger partial charge < -0.3 is 14.4 Å². The van der Waals surface area contributed by atoms with Crippen molar-refractivity contribution in [3.8, 4) is 28.6 Å². The summed E-state index contributed by atoms with van der Waals surface area (Å²) in [5, 5.41) is 14.8. The number of benzene rings is 2. The minimum atomic E-state index is -0.869. The highest BCUT2D eigenvalue weighted by Crippen LogP contribution is 2.34. The van der Waals surface area contributed by atoms with Crippen LogP contribution in [0.15, 0.2) is 53.2 Å². The van der Waals surface area contributed by atoms with Gasteiger partial charge in [0.1, 0.15) is 5.75 Å². The Morgan fingerprint density at radius 3 is 2.81 bits per heavy atom. The number of ether oxygens (including phenoxy) is 1. The van der Waals surface area contributed by atoms with E-state index in [1.807, 2.05) is 38.1 Å². The predicted octanol–water partition coefficient (Wildman–Crippen LogP) is 5.31. The van der Waals surface area contributed by atoms with Gasteiger partial charge in [0.15, 0.2) is 0 Å². The number of aryl methyl sites for hydroxylation is 1. The Morgan fingerprint density at radius 1 is 1.22 bits per heavy atom. The van der Waals surface area contributed by atoms with Crippen molar-refractivity contribution in [3.63, 3.8) is 0 Å². The molecule has 0 spiro atoms. The smallest absolute Gasteiger partial charge is 0.303 e. The molecule has 0 aliphatic rings. The molecule has 2 aromatic carbocycles. The van der Waals surface area contributed by atoms with E-state index in [2.05, 4.69) is 20.0 Å². The summed E-state index contributed by atoms with van der Waals surface area (Å²) in [7, 11) is 0. The molecule has 1 N–H and O–H groups in total. The maximum atomic E-state index is 11.0. The Labute approximate surface area is 184 Å². The average Bonchev–Trinajstić information content (AvgIpc) is 3.27. The lowest BCUT2D eigenvalue weighted by Gasteiger charge is -2.11. The zero-order valence-corrected chi connectivity index (χ0v) is 17.6. The highest BCUT2D eigenvalue weighted by Gasteiger charge is 2.16. The highest BCUT2D eigenvalue weighted by atomic mass is 16.5. The van der Waals surface area contributed by atoms with Gasteiger partial charge in [-0.3, -0.25) is 9.78 Å². The molecule has 8 heteroatoms. The molecule has 0 saturated carbocycles. The van der Waals surface area contributed by atoms with Gasteiger partial charge in [-0.2, -0.15) is 4.98 Å². The van der Waals surface area contributed by atoms with Crippen LogP contribution in [0, 0.1) is 6.57 Å². The Kier molecular flexibility index (Phi) is 5.81. The number of nitrogens with zero attached hydrogens (tertiary/aromatic N) is 4. The van der Waals surface area contributed by atoms with Gasteiger partial charge >= 0.3 is 5.97 Å². The number of pyridine rings is 1. The number of carboxylic acid groups (broad SMARTS) is 1. The molecule has 0 aliphatic heterocycles. The summed E-state index contributed by atoms with van der Waals surface area (Å²) in [6, 6.07) is 12.7. The molecule has 0 fully saturated rings. The van der Waals surface area contributed by atoms with E-state index in [9.17, 15) is 4.79 Å². The monoisotopic (exact) mass is 428 g/mol. The van der Waals surface area contributed by atoms with Gasteiger partial charge in [0.25, 0.3) is 5.89 Å². The van der Waals surface area contributed by atoms with Crippen LogP contribution >= 0.6 is 0 Å². The fourth-order valence-electron chi connectivity index (χ4n) is 3.43. The van der Waals surface area contributed by atoms with E-state index in [1.165, 1.54) is 0 Å². The number of carbonyl (C=O) groups is 1. The van der Waals surface area contributed by atoms with Crippen LogP contribution in [0.1, 0.15) is 26.0 Å².